The van der Waals surface area contributed by atoms with Crippen LogP contribution in [0.5, 0.6) is 0 Å². The van der Waals surface area contributed by atoms with E-state index in [0.29, 0.717) is 18.5 Å². The number of nitrogens with zero attached hydrogens (tertiary/aromatic N) is 3. The van der Waals surface area contributed by atoms with Gasteiger partial charge in [-0.3, -0.25) is 14.3 Å². The minimum absolute atomic E-state index is 0.191. The summed E-state index contributed by atoms with van der Waals surface area (Å²) in [5, 5.41) is 9.41. The molecule has 1 aromatic rings. The maximum absolute atomic E-state index is 12.2. The minimum atomic E-state index is -0.977. The molecule has 1 aromatic heterocycles. The molecule has 0 saturated heterocycles. The van der Waals surface area contributed by atoms with E-state index in [1.165, 1.54) is 4.57 Å². The molecule has 1 rings (SSSR count). The summed E-state index contributed by atoms with van der Waals surface area (Å²) in [6.07, 6.45) is 2.70. The lowest BCUT2D eigenvalue weighted by atomic mass is 10.0. The number of aryl methyl sites for hydroxylation is 1. The molecule has 1 N–H and O–H groups in total. The maximum Gasteiger partial charge on any atom is 0.326 e. The van der Waals surface area contributed by atoms with Crippen molar-refractivity contribution in [3.05, 3.63) is 27.9 Å². The Morgan fingerprint density at radius 2 is 2.05 bits per heavy atom. The van der Waals surface area contributed by atoms with E-state index < -0.39 is 12.0 Å². The summed E-state index contributed by atoms with van der Waals surface area (Å²) in [5.41, 5.74) is 0.772. The molecule has 0 radical (unpaired) electrons. The highest BCUT2D eigenvalue weighted by molar-refractivity contribution is 5.71. The Kier molecular flexibility index (Phi) is 6.08. The molecule has 0 bridgehead atoms. The first-order chi connectivity index (χ1) is 9.72. The Bertz CT molecular complexity index is 550. The highest BCUT2D eigenvalue weighted by Crippen LogP contribution is 2.17. The van der Waals surface area contributed by atoms with E-state index in [-0.39, 0.29) is 11.5 Å². The van der Waals surface area contributed by atoms with E-state index in [2.05, 4.69) is 4.98 Å². The molecule has 6 nitrogen and oxygen atoms in total. The standard InChI is InChI=1S/C15H25N3O3/c1-10(2)8-13(15(20)21)18-9-12(6-7-17(4)5)16-11(3)14(18)19/h9-10,13H,6-8H2,1-5H3,(H,20,21)/t13-/m0/s1. The van der Waals surface area contributed by atoms with Gasteiger partial charge in [-0.05, 0) is 33.4 Å². The minimum Gasteiger partial charge on any atom is -0.480 e. The average molecular weight is 295 g/mol. The maximum atomic E-state index is 12.2. The van der Waals surface area contributed by atoms with Crippen molar-refractivity contribution in [3.63, 3.8) is 0 Å². The van der Waals surface area contributed by atoms with Crippen molar-refractivity contribution in [1.29, 1.82) is 0 Å². The summed E-state index contributed by atoms with van der Waals surface area (Å²) in [5.74, 6) is -0.786. The predicted octanol–water partition coefficient (Wildman–Crippen LogP) is 1.33. The van der Waals surface area contributed by atoms with Gasteiger partial charge in [0.15, 0.2) is 0 Å². The van der Waals surface area contributed by atoms with Crippen LogP contribution in [-0.2, 0) is 11.2 Å². The summed E-state index contributed by atoms with van der Waals surface area (Å²) in [7, 11) is 3.92. The Morgan fingerprint density at radius 1 is 1.43 bits per heavy atom. The third kappa shape index (κ3) is 4.97. The van der Waals surface area contributed by atoms with Gasteiger partial charge in [-0.2, -0.15) is 0 Å². The van der Waals surface area contributed by atoms with E-state index in [0.717, 1.165) is 12.2 Å². The zero-order valence-electron chi connectivity index (χ0n) is 13.5. The molecule has 0 aromatic carbocycles. The Morgan fingerprint density at radius 3 is 2.52 bits per heavy atom. The van der Waals surface area contributed by atoms with Crippen LogP contribution in [0.3, 0.4) is 0 Å². The van der Waals surface area contributed by atoms with Crippen LogP contribution in [0.2, 0.25) is 0 Å². The highest BCUT2D eigenvalue weighted by atomic mass is 16.4. The zero-order chi connectivity index (χ0) is 16.2. The Labute approximate surface area is 125 Å². The molecule has 0 amide bonds. The van der Waals surface area contributed by atoms with Gasteiger partial charge in [-0.15, -0.1) is 0 Å². The smallest absolute Gasteiger partial charge is 0.326 e. The molecule has 1 atom stereocenters. The van der Waals surface area contributed by atoms with Crippen molar-refractivity contribution in [2.75, 3.05) is 20.6 Å². The lowest BCUT2D eigenvalue weighted by Gasteiger charge is -2.19. The van der Waals surface area contributed by atoms with Crippen LogP contribution in [-0.4, -0.2) is 46.2 Å². The molecule has 0 spiro atoms. The van der Waals surface area contributed by atoms with E-state index >= 15 is 0 Å². The van der Waals surface area contributed by atoms with Gasteiger partial charge in [0.1, 0.15) is 11.7 Å². The monoisotopic (exact) mass is 295 g/mol. The number of carboxylic acids is 1. The van der Waals surface area contributed by atoms with Gasteiger partial charge in [-0.25, -0.2) is 4.79 Å². The average Bonchev–Trinajstić information content (AvgIpc) is 2.37. The van der Waals surface area contributed by atoms with Crippen LogP contribution < -0.4 is 5.56 Å². The van der Waals surface area contributed by atoms with Gasteiger partial charge in [0.2, 0.25) is 0 Å². The third-order valence-electron chi connectivity index (χ3n) is 3.27. The molecule has 0 aliphatic rings. The third-order valence-corrected chi connectivity index (χ3v) is 3.27. The van der Waals surface area contributed by atoms with Crippen molar-refractivity contribution in [2.45, 2.75) is 39.7 Å². The van der Waals surface area contributed by atoms with Gasteiger partial charge < -0.3 is 10.0 Å². The number of carbonyl (C=O) groups is 1. The molecule has 1 heterocycles. The number of aromatic nitrogens is 2. The van der Waals surface area contributed by atoms with E-state index in [4.69, 9.17) is 0 Å². The normalized spacial score (nSPS) is 12.9. The van der Waals surface area contributed by atoms with E-state index in [9.17, 15) is 14.7 Å². The number of likely N-dealkylation sites (N-methyl/N-ethyl adjacent to an activating group) is 1. The number of hydrogen-bond acceptors (Lipinski definition) is 4. The first-order valence-corrected chi connectivity index (χ1v) is 7.18. The second-order valence-electron chi connectivity index (χ2n) is 6.07. The van der Waals surface area contributed by atoms with Gasteiger partial charge in [0.25, 0.3) is 5.56 Å². The van der Waals surface area contributed by atoms with Crippen molar-refractivity contribution < 1.29 is 9.90 Å². The molecule has 21 heavy (non-hydrogen) atoms. The summed E-state index contributed by atoms with van der Waals surface area (Å²) in [4.78, 5) is 30.0. The van der Waals surface area contributed by atoms with Crippen LogP contribution in [0.15, 0.2) is 11.0 Å². The first kappa shape index (κ1) is 17.4. The number of carboxylic acid groups (broad SMARTS) is 1. The molecule has 0 saturated carbocycles. The van der Waals surface area contributed by atoms with Gasteiger partial charge in [-0.1, -0.05) is 13.8 Å². The van der Waals surface area contributed by atoms with Gasteiger partial charge >= 0.3 is 5.97 Å². The quantitative estimate of drug-likeness (QED) is 0.821. The van der Waals surface area contributed by atoms with Crippen molar-refractivity contribution >= 4 is 5.97 Å². The zero-order valence-corrected chi connectivity index (χ0v) is 13.5. The van der Waals surface area contributed by atoms with Crippen LogP contribution in [0.4, 0.5) is 0 Å². The second-order valence-corrected chi connectivity index (χ2v) is 6.07. The molecular formula is C15H25N3O3. The van der Waals surface area contributed by atoms with Crippen molar-refractivity contribution in [2.24, 2.45) is 5.92 Å². The van der Waals surface area contributed by atoms with Crippen LogP contribution in [0.1, 0.15) is 37.7 Å². The molecule has 6 heteroatoms. The van der Waals surface area contributed by atoms with E-state index in [1.807, 2.05) is 32.8 Å². The molecular weight excluding hydrogens is 270 g/mol. The van der Waals surface area contributed by atoms with Crippen LogP contribution in [0, 0.1) is 12.8 Å². The summed E-state index contributed by atoms with van der Waals surface area (Å²) < 4.78 is 1.33. The van der Waals surface area contributed by atoms with Crippen LogP contribution >= 0.6 is 0 Å². The van der Waals surface area contributed by atoms with E-state index in [1.54, 1.807) is 13.1 Å². The number of aliphatic carboxylic acids is 1. The Balaban J connectivity index is 3.19. The number of hydrogen-bond donors (Lipinski definition) is 1. The molecule has 0 aliphatic carbocycles. The van der Waals surface area contributed by atoms with Crippen LogP contribution in [0.25, 0.3) is 0 Å². The highest BCUT2D eigenvalue weighted by Gasteiger charge is 2.23. The molecule has 0 unspecified atom stereocenters. The van der Waals surface area contributed by atoms with Gasteiger partial charge in [0, 0.05) is 19.2 Å². The molecule has 118 valence electrons. The van der Waals surface area contributed by atoms with Crippen molar-refractivity contribution in [1.82, 2.24) is 14.5 Å². The fraction of sp³-hybridized carbons (Fsp3) is 0.667. The largest absolute Gasteiger partial charge is 0.480 e. The lowest BCUT2D eigenvalue weighted by molar-refractivity contribution is -0.141. The fourth-order valence-electron chi connectivity index (χ4n) is 2.17. The molecule has 0 fully saturated rings. The predicted molar refractivity (Wildman–Crippen MR) is 81.6 cm³/mol. The number of rotatable bonds is 7. The second kappa shape index (κ2) is 7.36. The summed E-state index contributed by atoms with van der Waals surface area (Å²) in [6.45, 7) is 6.32. The Hall–Kier alpha value is -1.69. The fourth-order valence-corrected chi connectivity index (χ4v) is 2.17. The first-order valence-electron chi connectivity index (χ1n) is 7.18. The SMILES string of the molecule is Cc1nc(CCN(C)C)cn([C@@H](CC(C)C)C(=O)O)c1=O. The lowest BCUT2D eigenvalue weighted by Crippen LogP contribution is -2.33. The summed E-state index contributed by atoms with van der Waals surface area (Å²) in [6, 6.07) is -0.836. The van der Waals surface area contributed by atoms with Crippen molar-refractivity contribution in [3.8, 4) is 0 Å². The summed E-state index contributed by atoms with van der Waals surface area (Å²) >= 11 is 0. The van der Waals surface area contributed by atoms with Gasteiger partial charge in [0.05, 0.1) is 5.69 Å². The topological polar surface area (TPSA) is 75.4 Å². The molecule has 0 aliphatic heterocycles.